The highest BCUT2D eigenvalue weighted by atomic mass is 32.2. The number of aliphatic hydroxyl groups is 1. The molecule has 0 aliphatic carbocycles. The molecular formula is C21H24FNO3S. The predicted octanol–water partition coefficient (Wildman–Crippen LogP) is 3.11. The van der Waals surface area contributed by atoms with Crippen molar-refractivity contribution in [2.24, 2.45) is 5.41 Å². The third-order valence-corrected chi connectivity index (χ3v) is 7.98. The van der Waals surface area contributed by atoms with Crippen molar-refractivity contribution in [2.75, 3.05) is 6.61 Å². The molecular weight excluding hydrogens is 365 g/mol. The summed E-state index contributed by atoms with van der Waals surface area (Å²) in [6.07, 6.45) is 2.98. The van der Waals surface area contributed by atoms with E-state index in [-0.39, 0.29) is 30.3 Å². The van der Waals surface area contributed by atoms with E-state index in [1.165, 1.54) is 24.3 Å². The Kier molecular flexibility index (Phi) is 4.82. The minimum atomic E-state index is -3.54. The monoisotopic (exact) mass is 389 g/mol. The minimum absolute atomic E-state index is 0.0222. The Hall–Kier alpha value is -1.76. The first-order chi connectivity index (χ1) is 12.9. The van der Waals surface area contributed by atoms with Crippen LogP contribution in [-0.4, -0.2) is 36.5 Å². The zero-order chi connectivity index (χ0) is 19.1. The van der Waals surface area contributed by atoms with Crippen LogP contribution in [-0.2, 0) is 22.2 Å². The maximum atomic E-state index is 13.2. The minimum Gasteiger partial charge on any atom is -0.396 e. The van der Waals surface area contributed by atoms with E-state index in [0.717, 1.165) is 18.4 Å². The summed E-state index contributed by atoms with van der Waals surface area (Å²) < 4.78 is 41.1. The second-order valence-electron chi connectivity index (χ2n) is 7.85. The summed E-state index contributed by atoms with van der Waals surface area (Å²) in [5, 5.41) is 10.2. The molecule has 2 saturated heterocycles. The molecule has 2 aromatic rings. The average Bonchev–Trinajstić information content (AvgIpc) is 3.21. The number of hydrogen-bond donors (Lipinski definition) is 1. The molecule has 2 fully saturated rings. The lowest BCUT2D eigenvalue weighted by Gasteiger charge is -2.36. The van der Waals surface area contributed by atoms with Gasteiger partial charge in [0, 0.05) is 17.5 Å². The third kappa shape index (κ3) is 3.42. The summed E-state index contributed by atoms with van der Waals surface area (Å²) in [6, 6.07) is 15.3. The van der Waals surface area contributed by atoms with Crippen LogP contribution in [0.3, 0.4) is 0 Å². The largest absolute Gasteiger partial charge is 0.396 e. The van der Waals surface area contributed by atoms with Crippen LogP contribution < -0.4 is 0 Å². The highest BCUT2D eigenvalue weighted by Crippen LogP contribution is 2.52. The quantitative estimate of drug-likeness (QED) is 0.826. The fraction of sp³-hybridized carbons (Fsp3) is 0.429. The van der Waals surface area contributed by atoms with E-state index in [1.807, 2.05) is 30.3 Å². The third-order valence-electron chi connectivity index (χ3n) is 6.09. The molecule has 0 unspecified atom stereocenters. The molecule has 0 amide bonds. The number of nitrogens with zero attached hydrogens (tertiary/aromatic N) is 1. The van der Waals surface area contributed by atoms with Crippen molar-refractivity contribution in [3.05, 3.63) is 71.5 Å². The standard InChI is InChI=1S/C21H24FNO3S/c22-18-8-6-17(7-9-18)14-27(25,26)23-19-10-11-20(23)21(13-19,15-24)12-16-4-2-1-3-5-16/h1-9,19-20,24H,10-15H2/t19-,20+,21-/m0/s1. The summed E-state index contributed by atoms with van der Waals surface area (Å²) >= 11 is 0. The van der Waals surface area contributed by atoms with E-state index in [4.69, 9.17) is 0 Å². The molecule has 144 valence electrons. The molecule has 0 spiro atoms. The topological polar surface area (TPSA) is 57.6 Å². The smallest absolute Gasteiger partial charge is 0.218 e. The highest BCUT2D eigenvalue weighted by Gasteiger charge is 2.59. The van der Waals surface area contributed by atoms with Crippen molar-refractivity contribution < 1.29 is 17.9 Å². The van der Waals surface area contributed by atoms with E-state index in [0.29, 0.717) is 18.4 Å². The van der Waals surface area contributed by atoms with Crippen LogP contribution in [0.25, 0.3) is 0 Å². The first-order valence-electron chi connectivity index (χ1n) is 9.34. The maximum absolute atomic E-state index is 13.2. The zero-order valence-corrected chi connectivity index (χ0v) is 15.9. The van der Waals surface area contributed by atoms with Crippen LogP contribution in [0.15, 0.2) is 54.6 Å². The van der Waals surface area contributed by atoms with E-state index in [9.17, 15) is 17.9 Å². The second kappa shape index (κ2) is 7.00. The van der Waals surface area contributed by atoms with Crippen molar-refractivity contribution in [1.82, 2.24) is 4.31 Å². The molecule has 2 heterocycles. The number of aliphatic hydroxyl groups excluding tert-OH is 1. The first-order valence-corrected chi connectivity index (χ1v) is 10.9. The van der Waals surface area contributed by atoms with Gasteiger partial charge in [-0.15, -0.1) is 0 Å². The summed E-state index contributed by atoms with van der Waals surface area (Å²) in [5.41, 5.74) is 1.27. The Morgan fingerprint density at radius 3 is 2.41 bits per heavy atom. The van der Waals surface area contributed by atoms with Crippen LogP contribution in [0.1, 0.15) is 30.4 Å². The number of benzene rings is 2. The van der Waals surface area contributed by atoms with Crippen LogP contribution >= 0.6 is 0 Å². The summed E-state index contributed by atoms with van der Waals surface area (Å²) in [7, 11) is -3.54. The predicted molar refractivity (Wildman–Crippen MR) is 102 cm³/mol. The Balaban J connectivity index is 1.60. The molecule has 27 heavy (non-hydrogen) atoms. The maximum Gasteiger partial charge on any atom is 0.218 e. The molecule has 4 rings (SSSR count). The Morgan fingerprint density at radius 1 is 1.04 bits per heavy atom. The van der Waals surface area contributed by atoms with Gasteiger partial charge in [-0.2, -0.15) is 4.31 Å². The molecule has 0 saturated carbocycles. The summed E-state index contributed by atoms with van der Waals surface area (Å²) in [5.74, 6) is -0.507. The Labute approximate surface area is 159 Å². The van der Waals surface area contributed by atoms with Gasteiger partial charge in [-0.1, -0.05) is 42.5 Å². The lowest BCUT2D eigenvalue weighted by Crippen LogP contribution is -2.44. The molecule has 2 bridgehead atoms. The van der Waals surface area contributed by atoms with Gasteiger partial charge < -0.3 is 5.11 Å². The lowest BCUT2D eigenvalue weighted by atomic mass is 9.70. The second-order valence-corrected chi connectivity index (χ2v) is 9.72. The van der Waals surface area contributed by atoms with E-state index >= 15 is 0 Å². The molecule has 1 N–H and O–H groups in total. The van der Waals surface area contributed by atoms with Gasteiger partial charge in [0.15, 0.2) is 0 Å². The van der Waals surface area contributed by atoms with Gasteiger partial charge in [0.2, 0.25) is 10.0 Å². The molecule has 6 heteroatoms. The van der Waals surface area contributed by atoms with Gasteiger partial charge in [0.1, 0.15) is 5.82 Å². The van der Waals surface area contributed by atoms with Crippen LogP contribution in [0.5, 0.6) is 0 Å². The molecule has 0 radical (unpaired) electrons. The van der Waals surface area contributed by atoms with Crippen LogP contribution in [0.4, 0.5) is 4.39 Å². The lowest BCUT2D eigenvalue weighted by molar-refractivity contribution is 0.0888. The summed E-state index contributed by atoms with van der Waals surface area (Å²) in [4.78, 5) is 0. The average molecular weight is 389 g/mol. The fourth-order valence-corrected chi connectivity index (χ4v) is 7.05. The number of halogens is 1. The van der Waals surface area contributed by atoms with Crippen molar-refractivity contribution in [3.8, 4) is 0 Å². The Morgan fingerprint density at radius 2 is 1.74 bits per heavy atom. The summed E-state index contributed by atoms with van der Waals surface area (Å²) in [6.45, 7) is -0.0222. The van der Waals surface area contributed by atoms with Gasteiger partial charge in [0.25, 0.3) is 0 Å². The number of hydrogen-bond acceptors (Lipinski definition) is 3. The zero-order valence-electron chi connectivity index (χ0n) is 15.1. The molecule has 4 nitrogen and oxygen atoms in total. The SMILES string of the molecule is O=S(=O)(Cc1ccc(F)cc1)N1[C@H]2CC[C@@H]1[C@@](CO)(Cc1ccccc1)C2. The Bertz CT molecular complexity index is 901. The number of fused-ring (bicyclic) bond motifs is 2. The van der Waals surface area contributed by atoms with E-state index in [1.54, 1.807) is 4.31 Å². The first kappa shape index (κ1) is 18.6. The molecule has 3 atom stereocenters. The highest BCUT2D eigenvalue weighted by molar-refractivity contribution is 7.88. The van der Waals surface area contributed by atoms with Gasteiger partial charge in [-0.3, -0.25) is 0 Å². The van der Waals surface area contributed by atoms with Crippen molar-refractivity contribution >= 4 is 10.0 Å². The van der Waals surface area contributed by atoms with Crippen molar-refractivity contribution in [1.29, 1.82) is 0 Å². The molecule has 2 aliphatic heterocycles. The van der Waals surface area contributed by atoms with Gasteiger partial charge in [0.05, 0.1) is 12.4 Å². The number of sulfonamides is 1. The normalized spacial score (nSPS) is 27.9. The van der Waals surface area contributed by atoms with E-state index < -0.39 is 15.4 Å². The van der Waals surface area contributed by atoms with E-state index in [2.05, 4.69) is 0 Å². The molecule has 0 aromatic heterocycles. The van der Waals surface area contributed by atoms with Gasteiger partial charge in [-0.25, -0.2) is 12.8 Å². The van der Waals surface area contributed by atoms with Crippen LogP contribution in [0.2, 0.25) is 0 Å². The molecule has 2 aliphatic rings. The van der Waals surface area contributed by atoms with Gasteiger partial charge >= 0.3 is 0 Å². The van der Waals surface area contributed by atoms with Gasteiger partial charge in [-0.05, 0) is 48.9 Å². The van der Waals surface area contributed by atoms with Crippen molar-refractivity contribution in [3.63, 3.8) is 0 Å². The molecule has 2 aromatic carbocycles. The number of rotatable bonds is 6. The van der Waals surface area contributed by atoms with Crippen LogP contribution in [0, 0.1) is 11.2 Å². The van der Waals surface area contributed by atoms with Crippen molar-refractivity contribution in [2.45, 2.75) is 43.5 Å². The fourth-order valence-electron chi connectivity index (χ4n) is 4.94.